The largest absolute Gasteiger partial charge is 0.325 e. The topological polar surface area (TPSA) is 44.4 Å². The normalized spacial score (nSPS) is 20.3. The van der Waals surface area contributed by atoms with Gasteiger partial charge in [0.2, 0.25) is 5.91 Å². The molecule has 0 saturated carbocycles. The van der Waals surface area contributed by atoms with Crippen LogP contribution in [0.3, 0.4) is 0 Å². The maximum absolute atomic E-state index is 12.0. The molecule has 0 radical (unpaired) electrons. The first kappa shape index (κ1) is 14.3. The maximum Gasteiger partial charge on any atom is 0.238 e. The monoisotopic (exact) mass is 281 g/mol. The zero-order chi connectivity index (χ0) is 13.8. The Kier molecular flexibility index (Phi) is 4.80. The number of halogens is 1. The van der Waals surface area contributed by atoms with Gasteiger partial charge in [-0.3, -0.25) is 9.69 Å². The number of amides is 1. The van der Waals surface area contributed by atoms with Crippen molar-refractivity contribution in [2.45, 2.75) is 19.9 Å². The number of hydrogen-bond acceptors (Lipinski definition) is 3. The Morgan fingerprint density at radius 3 is 3.11 bits per heavy atom. The fourth-order valence-corrected chi connectivity index (χ4v) is 2.47. The van der Waals surface area contributed by atoms with Crippen LogP contribution in [0.25, 0.3) is 0 Å². The third-order valence-electron chi connectivity index (χ3n) is 3.36. The highest BCUT2D eigenvalue weighted by molar-refractivity contribution is 6.31. The van der Waals surface area contributed by atoms with Gasteiger partial charge in [-0.25, -0.2) is 0 Å². The summed E-state index contributed by atoms with van der Waals surface area (Å²) < 4.78 is 0. The summed E-state index contributed by atoms with van der Waals surface area (Å²) in [5.41, 5.74) is 1.70. The van der Waals surface area contributed by atoms with Gasteiger partial charge in [-0.05, 0) is 31.5 Å². The van der Waals surface area contributed by atoms with Crippen LogP contribution >= 0.6 is 11.6 Å². The molecular formula is C14H20ClN3O. The van der Waals surface area contributed by atoms with Gasteiger partial charge in [0.25, 0.3) is 0 Å². The van der Waals surface area contributed by atoms with E-state index in [0.717, 1.165) is 30.9 Å². The van der Waals surface area contributed by atoms with Crippen LogP contribution in [0, 0.1) is 6.92 Å². The minimum atomic E-state index is 0.0134. The number of rotatable bonds is 3. The Hall–Kier alpha value is -1.10. The first-order valence-electron chi connectivity index (χ1n) is 6.57. The van der Waals surface area contributed by atoms with E-state index in [-0.39, 0.29) is 5.91 Å². The van der Waals surface area contributed by atoms with Gasteiger partial charge in [-0.1, -0.05) is 17.7 Å². The summed E-state index contributed by atoms with van der Waals surface area (Å²) in [5, 5.41) is 6.96. The Labute approximate surface area is 119 Å². The van der Waals surface area contributed by atoms with Gasteiger partial charge < -0.3 is 10.6 Å². The number of nitrogens with one attached hydrogen (secondary N) is 2. The van der Waals surface area contributed by atoms with E-state index in [1.165, 1.54) is 0 Å². The lowest BCUT2D eigenvalue weighted by Crippen LogP contribution is -2.51. The summed E-state index contributed by atoms with van der Waals surface area (Å²) in [6.45, 7) is 7.22. The number of carbonyl (C=O) groups excluding carboxylic acids is 1. The first-order chi connectivity index (χ1) is 9.06. The van der Waals surface area contributed by atoms with Crippen molar-refractivity contribution < 1.29 is 4.79 Å². The summed E-state index contributed by atoms with van der Waals surface area (Å²) in [6, 6.07) is 5.98. The highest BCUT2D eigenvalue weighted by Crippen LogP contribution is 2.22. The average molecular weight is 282 g/mol. The molecule has 0 bridgehead atoms. The van der Waals surface area contributed by atoms with Crippen LogP contribution in [-0.2, 0) is 4.79 Å². The molecule has 1 aliphatic heterocycles. The smallest absolute Gasteiger partial charge is 0.238 e. The van der Waals surface area contributed by atoms with Gasteiger partial charge in [-0.2, -0.15) is 0 Å². The van der Waals surface area contributed by atoms with Crippen LogP contribution in [0.15, 0.2) is 18.2 Å². The molecule has 2 N–H and O–H groups in total. The predicted molar refractivity (Wildman–Crippen MR) is 78.7 cm³/mol. The van der Waals surface area contributed by atoms with Crippen molar-refractivity contribution in [3.63, 3.8) is 0 Å². The molecule has 1 aliphatic rings. The van der Waals surface area contributed by atoms with E-state index in [0.29, 0.717) is 17.6 Å². The maximum atomic E-state index is 12.0. The van der Waals surface area contributed by atoms with Crippen molar-refractivity contribution in [2.75, 3.05) is 31.5 Å². The van der Waals surface area contributed by atoms with E-state index in [2.05, 4.69) is 22.5 Å². The van der Waals surface area contributed by atoms with Gasteiger partial charge in [0.15, 0.2) is 0 Å². The van der Waals surface area contributed by atoms with Gasteiger partial charge in [-0.15, -0.1) is 0 Å². The molecule has 2 rings (SSSR count). The molecule has 0 spiro atoms. The van der Waals surface area contributed by atoms with E-state index in [1.54, 1.807) is 0 Å². The zero-order valence-corrected chi connectivity index (χ0v) is 12.1. The van der Waals surface area contributed by atoms with E-state index in [4.69, 9.17) is 11.6 Å². The number of anilines is 1. The van der Waals surface area contributed by atoms with Crippen molar-refractivity contribution in [3.05, 3.63) is 28.8 Å². The molecule has 19 heavy (non-hydrogen) atoms. The van der Waals surface area contributed by atoms with Crippen molar-refractivity contribution in [1.29, 1.82) is 0 Å². The lowest BCUT2D eigenvalue weighted by Gasteiger charge is -2.31. The molecule has 0 aromatic heterocycles. The highest BCUT2D eigenvalue weighted by atomic mass is 35.5. The zero-order valence-electron chi connectivity index (χ0n) is 11.4. The van der Waals surface area contributed by atoms with Crippen molar-refractivity contribution >= 4 is 23.2 Å². The van der Waals surface area contributed by atoms with Gasteiger partial charge in [0, 0.05) is 36.4 Å². The van der Waals surface area contributed by atoms with Crippen LogP contribution in [0.4, 0.5) is 5.69 Å². The number of carbonyl (C=O) groups is 1. The molecule has 1 unspecified atom stereocenters. The molecule has 4 nitrogen and oxygen atoms in total. The Bertz CT molecular complexity index is 464. The molecule has 1 saturated heterocycles. The summed E-state index contributed by atoms with van der Waals surface area (Å²) in [6.07, 6.45) is 0. The van der Waals surface area contributed by atoms with E-state index in [9.17, 15) is 4.79 Å². The molecule has 1 aromatic rings. The number of piperazine rings is 1. The highest BCUT2D eigenvalue weighted by Gasteiger charge is 2.18. The Morgan fingerprint density at radius 2 is 2.37 bits per heavy atom. The van der Waals surface area contributed by atoms with Gasteiger partial charge >= 0.3 is 0 Å². The fraction of sp³-hybridized carbons (Fsp3) is 0.500. The van der Waals surface area contributed by atoms with Crippen LogP contribution < -0.4 is 10.6 Å². The molecule has 1 aromatic carbocycles. The first-order valence-corrected chi connectivity index (χ1v) is 6.95. The van der Waals surface area contributed by atoms with Gasteiger partial charge in [0.1, 0.15) is 0 Å². The van der Waals surface area contributed by atoms with Crippen molar-refractivity contribution in [1.82, 2.24) is 10.2 Å². The van der Waals surface area contributed by atoms with Crippen molar-refractivity contribution in [3.8, 4) is 0 Å². The van der Waals surface area contributed by atoms with E-state index < -0.39 is 0 Å². The number of nitrogens with zero attached hydrogens (tertiary/aromatic N) is 1. The second-order valence-corrected chi connectivity index (χ2v) is 5.46. The Balaban J connectivity index is 1.92. The summed E-state index contributed by atoms with van der Waals surface area (Å²) >= 11 is 6.04. The number of benzene rings is 1. The SMILES string of the molecule is Cc1c(Cl)cccc1NC(=O)CN1CCNC(C)C1. The molecule has 1 amide bonds. The molecule has 5 heteroatoms. The molecule has 0 aliphatic carbocycles. The predicted octanol–water partition coefficient (Wildman–Crippen LogP) is 1.88. The summed E-state index contributed by atoms with van der Waals surface area (Å²) in [4.78, 5) is 14.2. The summed E-state index contributed by atoms with van der Waals surface area (Å²) in [7, 11) is 0. The molecule has 1 heterocycles. The van der Waals surface area contributed by atoms with Crippen LogP contribution in [0.5, 0.6) is 0 Å². The quantitative estimate of drug-likeness (QED) is 0.889. The van der Waals surface area contributed by atoms with Crippen LogP contribution in [0.2, 0.25) is 5.02 Å². The van der Waals surface area contributed by atoms with E-state index in [1.807, 2.05) is 25.1 Å². The lowest BCUT2D eigenvalue weighted by atomic mass is 10.2. The standard InChI is InChI=1S/C14H20ClN3O/c1-10-8-18(7-6-16-10)9-14(19)17-13-5-3-4-12(15)11(13)2/h3-5,10,16H,6-9H2,1-2H3,(H,17,19). The minimum absolute atomic E-state index is 0.0134. The number of hydrogen-bond donors (Lipinski definition) is 2. The second kappa shape index (κ2) is 6.37. The molecule has 1 fully saturated rings. The van der Waals surface area contributed by atoms with Crippen LogP contribution in [0.1, 0.15) is 12.5 Å². The average Bonchev–Trinajstić information content (AvgIpc) is 2.35. The molecular weight excluding hydrogens is 262 g/mol. The minimum Gasteiger partial charge on any atom is -0.325 e. The molecule has 104 valence electrons. The fourth-order valence-electron chi connectivity index (χ4n) is 2.29. The van der Waals surface area contributed by atoms with Gasteiger partial charge in [0.05, 0.1) is 6.54 Å². The van der Waals surface area contributed by atoms with E-state index >= 15 is 0 Å². The Morgan fingerprint density at radius 1 is 1.58 bits per heavy atom. The third kappa shape index (κ3) is 3.93. The summed E-state index contributed by atoms with van der Waals surface area (Å²) in [5.74, 6) is 0.0134. The van der Waals surface area contributed by atoms with Crippen molar-refractivity contribution in [2.24, 2.45) is 0 Å². The third-order valence-corrected chi connectivity index (χ3v) is 3.77. The molecule has 1 atom stereocenters. The second-order valence-electron chi connectivity index (χ2n) is 5.05. The van der Waals surface area contributed by atoms with Crippen LogP contribution in [-0.4, -0.2) is 43.0 Å². The lowest BCUT2D eigenvalue weighted by molar-refractivity contribution is -0.117.